The molecule has 0 aliphatic carbocycles. The highest BCUT2D eigenvalue weighted by atomic mass is 19.4. The minimum absolute atomic E-state index is 0.00781. The van der Waals surface area contributed by atoms with Gasteiger partial charge in [0.25, 0.3) is 5.56 Å². The lowest BCUT2D eigenvalue weighted by molar-refractivity contribution is -0.151. The molecule has 0 unspecified atom stereocenters. The number of carbonyl (C=O) groups excluding carboxylic acids is 1. The Kier molecular flexibility index (Phi) is 3.75. The van der Waals surface area contributed by atoms with Crippen LogP contribution in [-0.4, -0.2) is 27.1 Å². The molecule has 9 heteroatoms. The summed E-state index contributed by atoms with van der Waals surface area (Å²) < 4.78 is 43.9. The van der Waals surface area contributed by atoms with Crippen molar-refractivity contribution in [2.45, 2.75) is 26.6 Å². The number of esters is 1. The maximum Gasteiger partial charge on any atom is 0.449 e. The van der Waals surface area contributed by atoms with Crippen LogP contribution < -0.4 is 5.56 Å². The van der Waals surface area contributed by atoms with Crippen molar-refractivity contribution in [2.75, 3.05) is 6.61 Å². The first kappa shape index (κ1) is 15.1. The Morgan fingerprint density at radius 3 is 2.71 bits per heavy atom. The maximum atomic E-state index is 13.0. The van der Waals surface area contributed by atoms with Gasteiger partial charge in [-0.3, -0.25) is 14.2 Å². The zero-order chi connectivity index (χ0) is 15.8. The van der Waals surface area contributed by atoms with Gasteiger partial charge in [-0.25, -0.2) is 4.98 Å². The molecule has 0 saturated carbocycles. The highest BCUT2D eigenvalue weighted by molar-refractivity contribution is 5.76. The Bertz CT molecular complexity index is 746. The zero-order valence-corrected chi connectivity index (χ0v) is 11.2. The number of nitrogens with zero attached hydrogens (tertiary/aromatic N) is 2. The SMILES string of the molecule is CCOC(=O)Cn1c(C(F)(F)F)nc2[nH]c(C)cc2c1=O. The normalized spacial score (nSPS) is 11.9. The number of ether oxygens (including phenoxy) is 1. The van der Waals surface area contributed by atoms with Crippen LogP contribution >= 0.6 is 0 Å². The van der Waals surface area contributed by atoms with Gasteiger partial charge in [0.1, 0.15) is 12.2 Å². The summed E-state index contributed by atoms with van der Waals surface area (Å²) in [7, 11) is 0. The lowest BCUT2D eigenvalue weighted by Gasteiger charge is -2.13. The Morgan fingerprint density at radius 1 is 1.48 bits per heavy atom. The van der Waals surface area contributed by atoms with E-state index in [1.165, 1.54) is 13.0 Å². The summed E-state index contributed by atoms with van der Waals surface area (Å²) in [6, 6.07) is 1.38. The second kappa shape index (κ2) is 5.23. The topological polar surface area (TPSA) is 77.0 Å². The third-order valence-corrected chi connectivity index (χ3v) is 2.73. The molecule has 2 aromatic rings. The van der Waals surface area contributed by atoms with Gasteiger partial charge in [-0.1, -0.05) is 0 Å². The number of hydrogen-bond donors (Lipinski definition) is 1. The summed E-state index contributed by atoms with van der Waals surface area (Å²) in [5, 5.41) is -0.00945. The van der Waals surface area contributed by atoms with Gasteiger partial charge in [-0.05, 0) is 19.9 Å². The smallest absolute Gasteiger partial charge is 0.449 e. The molecule has 21 heavy (non-hydrogen) atoms. The molecule has 1 N–H and O–H groups in total. The molecule has 0 aliphatic heterocycles. The molecule has 2 aromatic heterocycles. The summed E-state index contributed by atoms with van der Waals surface area (Å²) in [5.41, 5.74) is -0.605. The van der Waals surface area contributed by atoms with Crippen LogP contribution in [0.4, 0.5) is 13.2 Å². The third-order valence-electron chi connectivity index (χ3n) is 2.73. The number of nitrogens with one attached hydrogen (secondary N) is 1. The number of rotatable bonds is 3. The van der Waals surface area contributed by atoms with Crippen LogP contribution in [0.1, 0.15) is 18.4 Å². The largest absolute Gasteiger partial charge is 0.465 e. The molecule has 6 nitrogen and oxygen atoms in total. The molecule has 0 spiro atoms. The van der Waals surface area contributed by atoms with Crippen molar-refractivity contribution >= 4 is 17.0 Å². The van der Waals surface area contributed by atoms with E-state index in [4.69, 9.17) is 0 Å². The van der Waals surface area contributed by atoms with Gasteiger partial charge in [0, 0.05) is 5.69 Å². The molecule has 0 radical (unpaired) electrons. The molecule has 0 bridgehead atoms. The average molecular weight is 303 g/mol. The molecule has 0 aromatic carbocycles. The lowest BCUT2D eigenvalue weighted by atomic mass is 10.3. The lowest BCUT2D eigenvalue weighted by Crippen LogP contribution is -2.32. The number of aromatic amines is 1. The summed E-state index contributed by atoms with van der Waals surface area (Å²) >= 11 is 0. The predicted octanol–water partition coefficient (Wildman–Crippen LogP) is 1.61. The van der Waals surface area contributed by atoms with Crippen molar-refractivity contribution in [1.82, 2.24) is 14.5 Å². The second-order valence-corrected chi connectivity index (χ2v) is 4.34. The number of aryl methyl sites for hydroxylation is 1. The van der Waals surface area contributed by atoms with E-state index in [9.17, 15) is 22.8 Å². The van der Waals surface area contributed by atoms with Gasteiger partial charge in [-0.15, -0.1) is 0 Å². The van der Waals surface area contributed by atoms with Crippen LogP contribution in [0.2, 0.25) is 0 Å². The van der Waals surface area contributed by atoms with Crippen molar-refractivity contribution in [2.24, 2.45) is 0 Å². The number of carbonyl (C=O) groups is 1. The Hall–Kier alpha value is -2.32. The van der Waals surface area contributed by atoms with Crippen LogP contribution in [0.3, 0.4) is 0 Å². The quantitative estimate of drug-likeness (QED) is 0.874. The van der Waals surface area contributed by atoms with Crippen molar-refractivity contribution in [3.63, 3.8) is 0 Å². The average Bonchev–Trinajstić information content (AvgIpc) is 2.72. The second-order valence-electron chi connectivity index (χ2n) is 4.34. The molecule has 0 amide bonds. The first-order valence-electron chi connectivity index (χ1n) is 6.07. The molecule has 0 aliphatic rings. The zero-order valence-electron chi connectivity index (χ0n) is 11.2. The molecule has 0 atom stereocenters. The first-order chi connectivity index (χ1) is 9.74. The molecular weight excluding hydrogens is 291 g/mol. The number of H-pyrrole nitrogens is 1. The van der Waals surface area contributed by atoms with Crippen LogP contribution in [0.5, 0.6) is 0 Å². The van der Waals surface area contributed by atoms with E-state index >= 15 is 0 Å². The minimum Gasteiger partial charge on any atom is -0.465 e. The predicted molar refractivity (Wildman–Crippen MR) is 66.7 cm³/mol. The summed E-state index contributed by atoms with van der Waals surface area (Å²) in [4.78, 5) is 29.5. The van der Waals surface area contributed by atoms with E-state index in [0.29, 0.717) is 5.69 Å². The molecule has 0 fully saturated rings. The van der Waals surface area contributed by atoms with E-state index in [-0.39, 0.29) is 22.2 Å². The molecule has 114 valence electrons. The number of fused-ring (bicyclic) bond motifs is 1. The molecule has 2 heterocycles. The Labute approximate surface area is 116 Å². The van der Waals surface area contributed by atoms with Gasteiger partial charge in [0.2, 0.25) is 5.82 Å². The Morgan fingerprint density at radius 2 is 2.14 bits per heavy atom. The van der Waals surface area contributed by atoms with E-state index in [1.807, 2.05) is 0 Å². The summed E-state index contributed by atoms with van der Waals surface area (Å²) in [6.07, 6.45) is -4.86. The fourth-order valence-corrected chi connectivity index (χ4v) is 1.93. The fourth-order valence-electron chi connectivity index (χ4n) is 1.93. The maximum absolute atomic E-state index is 13.0. The molecule has 2 rings (SSSR count). The van der Waals surface area contributed by atoms with Crippen LogP contribution in [0, 0.1) is 6.92 Å². The number of alkyl halides is 3. The van der Waals surface area contributed by atoms with Crippen LogP contribution in [-0.2, 0) is 22.3 Å². The van der Waals surface area contributed by atoms with Crippen LogP contribution in [0.25, 0.3) is 11.0 Å². The van der Waals surface area contributed by atoms with Crippen molar-refractivity contribution in [3.05, 3.63) is 27.9 Å². The van der Waals surface area contributed by atoms with Gasteiger partial charge in [0.15, 0.2) is 0 Å². The number of hydrogen-bond acceptors (Lipinski definition) is 4. The van der Waals surface area contributed by atoms with Crippen molar-refractivity contribution < 1.29 is 22.7 Å². The summed E-state index contributed by atoms with van der Waals surface area (Å²) in [5.74, 6) is -2.37. The van der Waals surface area contributed by atoms with E-state index in [2.05, 4.69) is 14.7 Å². The van der Waals surface area contributed by atoms with Gasteiger partial charge < -0.3 is 9.72 Å². The van der Waals surface area contributed by atoms with Gasteiger partial charge in [0.05, 0.1) is 12.0 Å². The van der Waals surface area contributed by atoms with Crippen LogP contribution in [0.15, 0.2) is 10.9 Å². The highest BCUT2D eigenvalue weighted by Crippen LogP contribution is 2.28. The third kappa shape index (κ3) is 2.91. The van der Waals surface area contributed by atoms with E-state index in [1.54, 1.807) is 6.92 Å². The Balaban J connectivity index is 2.67. The number of halogens is 3. The van der Waals surface area contributed by atoms with Crippen molar-refractivity contribution in [1.29, 1.82) is 0 Å². The molecule has 0 saturated heterocycles. The number of aromatic nitrogens is 3. The monoisotopic (exact) mass is 303 g/mol. The molecular formula is C12H12F3N3O3. The van der Waals surface area contributed by atoms with Gasteiger partial charge >= 0.3 is 12.1 Å². The summed E-state index contributed by atoms with van der Waals surface area (Å²) in [6.45, 7) is 2.27. The minimum atomic E-state index is -4.86. The van der Waals surface area contributed by atoms with Crippen molar-refractivity contribution in [3.8, 4) is 0 Å². The van der Waals surface area contributed by atoms with E-state index in [0.717, 1.165) is 0 Å². The van der Waals surface area contributed by atoms with E-state index < -0.39 is 30.1 Å². The highest BCUT2D eigenvalue weighted by Gasteiger charge is 2.38. The first-order valence-corrected chi connectivity index (χ1v) is 6.07. The van der Waals surface area contributed by atoms with Gasteiger partial charge in [-0.2, -0.15) is 13.2 Å². The fraction of sp³-hybridized carbons (Fsp3) is 0.417. The standard InChI is InChI=1S/C12H12F3N3O3/c1-3-21-8(19)5-18-10(20)7-4-6(2)16-9(7)17-11(18)12(13,14)15/h4,16H,3,5H2,1-2H3.